The topological polar surface area (TPSA) is 107 Å². The van der Waals surface area contributed by atoms with Crippen molar-refractivity contribution in [2.45, 2.75) is 44.7 Å². The SMILES string of the molecule is O=C(O)CCc1ccc(CP(=O)(OC(=O)CCc2ccccc2)OC(=O)CCc2ccccc2)cc1. The van der Waals surface area contributed by atoms with Gasteiger partial charge in [-0.3, -0.25) is 14.4 Å². The molecule has 0 unspecified atom stereocenters. The van der Waals surface area contributed by atoms with Gasteiger partial charge in [0.2, 0.25) is 0 Å². The molecule has 0 saturated carbocycles. The molecule has 1 N–H and O–H groups in total. The molecule has 0 aromatic heterocycles. The molecule has 8 heteroatoms. The van der Waals surface area contributed by atoms with E-state index in [1.54, 1.807) is 24.3 Å². The van der Waals surface area contributed by atoms with Gasteiger partial charge in [0.15, 0.2) is 0 Å². The maximum absolute atomic E-state index is 13.6. The molecular formula is C28H29O7P. The van der Waals surface area contributed by atoms with Crippen molar-refractivity contribution in [2.75, 3.05) is 0 Å². The molecule has 7 nitrogen and oxygen atoms in total. The third-order valence-corrected chi connectivity index (χ3v) is 7.15. The lowest BCUT2D eigenvalue weighted by Crippen LogP contribution is -2.12. The number of hydrogen-bond donors (Lipinski definition) is 1. The molecule has 3 aromatic rings. The predicted molar refractivity (Wildman–Crippen MR) is 135 cm³/mol. The molecule has 0 saturated heterocycles. The summed E-state index contributed by atoms with van der Waals surface area (Å²) in [5, 5.41) is 8.85. The highest BCUT2D eigenvalue weighted by Gasteiger charge is 2.33. The van der Waals surface area contributed by atoms with Gasteiger partial charge in [-0.25, -0.2) is 4.57 Å². The third-order valence-electron chi connectivity index (χ3n) is 5.43. The van der Waals surface area contributed by atoms with Gasteiger partial charge in [-0.15, -0.1) is 0 Å². The summed E-state index contributed by atoms with van der Waals surface area (Å²) in [6, 6.07) is 25.5. The molecule has 188 valence electrons. The first-order valence-corrected chi connectivity index (χ1v) is 13.5. The van der Waals surface area contributed by atoms with E-state index >= 15 is 0 Å². The Labute approximate surface area is 210 Å². The largest absolute Gasteiger partial charge is 0.481 e. The van der Waals surface area contributed by atoms with Crippen LogP contribution in [0.15, 0.2) is 84.9 Å². The van der Waals surface area contributed by atoms with Crippen molar-refractivity contribution < 1.29 is 33.1 Å². The Morgan fingerprint density at radius 3 is 1.42 bits per heavy atom. The smallest absolute Gasteiger partial charge is 0.439 e. The molecule has 0 radical (unpaired) electrons. The summed E-state index contributed by atoms with van der Waals surface area (Å²) in [7, 11) is -4.14. The Bertz CT molecular complexity index is 1130. The zero-order valence-electron chi connectivity index (χ0n) is 19.9. The van der Waals surface area contributed by atoms with Crippen LogP contribution in [0.3, 0.4) is 0 Å². The average molecular weight is 509 g/mol. The first-order chi connectivity index (χ1) is 17.3. The van der Waals surface area contributed by atoms with E-state index in [9.17, 15) is 18.9 Å². The van der Waals surface area contributed by atoms with Gasteiger partial charge in [-0.1, -0.05) is 84.9 Å². The summed E-state index contributed by atoms with van der Waals surface area (Å²) in [4.78, 5) is 35.9. The third kappa shape index (κ3) is 9.51. The van der Waals surface area contributed by atoms with Gasteiger partial charge in [0.1, 0.15) is 0 Å². The number of rotatable bonds is 13. The van der Waals surface area contributed by atoms with E-state index in [2.05, 4.69) is 0 Å². The fraction of sp³-hybridized carbons (Fsp3) is 0.250. The van der Waals surface area contributed by atoms with E-state index < -0.39 is 25.5 Å². The highest BCUT2D eigenvalue weighted by Crippen LogP contribution is 2.52. The van der Waals surface area contributed by atoms with Crippen LogP contribution in [0.4, 0.5) is 0 Å². The van der Waals surface area contributed by atoms with Crippen LogP contribution in [0, 0.1) is 0 Å². The van der Waals surface area contributed by atoms with Crippen LogP contribution in [0.1, 0.15) is 41.5 Å². The number of carbonyl (C=O) groups excluding carboxylic acids is 2. The number of benzene rings is 3. The van der Waals surface area contributed by atoms with Gasteiger partial charge in [0, 0.05) is 19.3 Å². The minimum atomic E-state index is -4.14. The van der Waals surface area contributed by atoms with Gasteiger partial charge < -0.3 is 14.2 Å². The van der Waals surface area contributed by atoms with Crippen LogP contribution >= 0.6 is 7.60 Å². The number of aryl methyl sites for hydroxylation is 3. The number of hydrogen-bond acceptors (Lipinski definition) is 6. The first kappa shape index (κ1) is 26.9. The molecule has 0 spiro atoms. The monoisotopic (exact) mass is 508 g/mol. The lowest BCUT2D eigenvalue weighted by molar-refractivity contribution is -0.139. The van der Waals surface area contributed by atoms with Crippen molar-refractivity contribution in [1.29, 1.82) is 0 Å². The van der Waals surface area contributed by atoms with Gasteiger partial charge >= 0.3 is 25.5 Å². The Morgan fingerprint density at radius 1 is 0.583 bits per heavy atom. The Kier molecular flexibility index (Phi) is 10.0. The highest BCUT2D eigenvalue weighted by atomic mass is 31.2. The fourth-order valence-corrected chi connectivity index (χ4v) is 5.18. The molecule has 0 bridgehead atoms. The molecule has 0 amide bonds. The van der Waals surface area contributed by atoms with Gasteiger partial charge in [0.25, 0.3) is 0 Å². The van der Waals surface area contributed by atoms with E-state index in [-0.39, 0.29) is 25.4 Å². The van der Waals surface area contributed by atoms with E-state index in [1.807, 2.05) is 60.7 Å². The number of aliphatic carboxylic acids is 1. The predicted octanol–water partition coefficient (Wildman–Crippen LogP) is 5.75. The van der Waals surface area contributed by atoms with Gasteiger partial charge in [-0.2, -0.15) is 0 Å². The van der Waals surface area contributed by atoms with Crippen LogP contribution in [0.25, 0.3) is 0 Å². The highest BCUT2D eigenvalue weighted by molar-refractivity contribution is 7.54. The van der Waals surface area contributed by atoms with Crippen molar-refractivity contribution >= 4 is 25.5 Å². The lowest BCUT2D eigenvalue weighted by atomic mass is 10.1. The standard InChI is InChI=1S/C28H29O7P/c29-26(30)18-15-24-11-13-25(14-12-24)21-36(33,34-27(31)19-16-22-7-3-1-4-8-22)35-28(32)20-17-23-9-5-2-6-10-23/h1-14H,15-21H2,(H,29,30). The van der Waals surface area contributed by atoms with E-state index in [4.69, 9.17) is 14.2 Å². The lowest BCUT2D eigenvalue weighted by Gasteiger charge is -2.18. The van der Waals surface area contributed by atoms with Crippen LogP contribution in [0.5, 0.6) is 0 Å². The Hall–Kier alpha value is -3.70. The van der Waals surface area contributed by atoms with Crippen molar-refractivity contribution in [2.24, 2.45) is 0 Å². The van der Waals surface area contributed by atoms with Crippen molar-refractivity contribution in [3.05, 3.63) is 107 Å². The second-order valence-corrected chi connectivity index (χ2v) is 10.3. The summed E-state index contributed by atoms with van der Waals surface area (Å²) in [6.07, 6.45) is 0.875. The van der Waals surface area contributed by atoms with Crippen LogP contribution in [-0.2, 0) is 53.4 Å². The maximum atomic E-state index is 13.6. The van der Waals surface area contributed by atoms with Gasteiger partial charge in [0.05, 0.1) is 6.16 Å². The number of carboxylic acids is 1. The van der Waals surface area contributed by atoms with Crippen LogP contribution in [0.2, 0.25) is 0 Å². The average Bonchev–Trinajstić information content (AvgIpc) is 2.87. The van der Waals surface area contributed by atoms with Crippen molar-refractivity contribution in [3.8, 4) is 0 Å². The summed E-state index contributed by atoms with van der Waals surface area (Å²) in [5.74, 6) is -2.32. The summed E-state index contributed by atoms with van der Waals surface area (Å²) < 4.78 is 24.1. The van der Waals surface area contributed by atoms with E-state index in [0.717, 1.165) is 16.7 Å². The summed E-state index contributed by atoms with van der Waals surface area (Å²) in [5.41, 5.74) is 3.21. The molecule has 0 aliphatic carbocycles. The van der Waals surface area contributed by atoms with Crippen LogP contribution < -0.4 is 0 Å². The minimum Gasteiger partial charge on any atom is -0.481 e. The van der Waals surface area contributed by atoms with Crippen LogP contribution in [-0.4, -0.2) is 23.0 Å². The van der Waals surface area contributed by atoms with Crippen molar-refractivity contribution in [3.63, 3.8) is 0 Å². The minimum absolute atomic E-state index is 0.00407. The molecule has 0 aliphatic rings. The first-order valence-electron chi connectivity index (χ1n) is 11.7. The number of carboxylic acid groups (broad SMARTS) is 1. The molecule has 36 heavy (non-hydrogen) atoms. The fourth-order valence-electron chi connectivity index (χ4n) is 3.55. The quantitative estimate of drug-likeness (QED) is 0.293. The summed E-state index contributed by atoms with van der Waals surface area (Å²) >= 11 is 0. The van der Waals surface area contributed by atoms with E-state index in [1.165, 1.54) is 0 Å². The second kappa shape index (κ2) is 13.4. The Balaban J connectivity index is 1.66. The summed E-state index contributed by atoms with van der Waals surface area (Å²) in [6.45, 7) is 0. The molecular weight excluding hydrogens is 479 g/mol. The maximum Gasteiger partial charge on any atom is 0.439 e. The normalized spacial score (nSPS) is 11.0. The Morgan fingerprint density at radius 2 is 0.972 bits per heavy atom. The van der Waals surface area contributed by atoms with Gasteiger partial charge in [-0.05, 0) is 41.5 Å². The van der Waals surface area contributed by atoms with Crippen molar-refractivity contribution in [1.82, 2.24) is 0 Å². The molecule has 0 fully saturated rings. The molecule has 0 aliphatic heterocycles. The molecule has 3 aromatic carbocycles. The molecule has 3 rings (SSSR count). The molecule has 0 heterocycles. The zero-order valence-corrected chi connectivity index (χ0v) is 20.8. The van der Waals surface area contributed by atoms with E-state index in [0.29, 0.717) is 24.8 Å². The zero-order chi connectivity index (χ0) is 25.8. The number of carbonyl (C=O) groups is 3. The second-order valence-electron chi connectivity index (χ2n) is 8.38. The molecule has 0 atom stereocenters.